The number of anilines is 1. The average molecular weight is 325 g/mol. The van der Waals surface area contributed by atoms with E-state index in [1.54, 1.807) is 18.7 Å². The van der Waals surface area contributed by atoms with Gasteiger partial charge in [0.1, 0.15) is 11.5 Å². The molecule has 1 aliphatic rings. The molecule has 1 aliphatic heterocycles. The van der Waals surface area contributed by atoms with Gasteiger partial charge in [0.15, 0.2) is 5.76 Å². The molecule has 1 saturated heterocycles. The van der Waals surface area contributed by atoms with E-state index < -0.39 is 0 Å². The van der Waals surface area contributed by atoms with Crippen LogP contribution in [0, 0.1) is 5.92 Å². The lowest BCUT2D eigenvalue weighted by Gasteiger charge is -2.34. The van der Waals surface area contributed by atoms with Crippen LogP contribution < -0.4 is 4.90 Å². The van der Waals surface area contributed by atoms with Gasteiger partial charge in [-0.2, -0.15) is 0 Å². The number of hydrogen-bond donors (Lipinski definition) is 1. The van der Waals surface area contributed by atoms with E-state index in [2.05, 4.69) is 9.88 Å². The summed E-state index contributed by atoms with van der Waals surface area (Å²) in [7, 11) is 0. The number of rotatable bonds is 3. The Bertz CT molecular complexity index is 799. The molecular weight excluding hydrogens is 306 g/mol. The Hall–Kier alpha value is -2.60. The summed E-state index contributed by atoms with van der Waals surface area (Å²) in [5.41, 5.74) is 1.50. The van der Waals surface area contributed by atoms with Crippen molar-refractivity contribution in [3.63, 3.8) is 0 Å². The summed E-state index contributed by atoms with van der Waals surface area (Å²) in [5.74, 6) is 2.22. The Morgan fingerprint density at radius 1 is 1.17 bits per heavy atom. The lowest BCUT2D eigenvalue weighted by molar-refractivity contribution is 0.0966. The van der Waals surface area contributed by atoms with Crippen LogP contribution in [0.1, 0.15) is 13.3 Å². The molecule has 6 heteroatoms. The van der Waals surface area contributed by atoms with Gasteiger partial charge < -0.3 is 18.8 Å². The highest BCUT2D eigenvalue weighted by Crippen LogP contribution is 2.32. The maximum absolute atomic E-state index is 9.92. The molecule has 3 aromatic heterocycles. The van der Waals surface area contributed by atoms with E-state index >= 15 is 0 Å². The summed E-state index contributed by atoms with van der Waals surface area (Å²) in [6.45, 7) is 3.52. The van der Waals surface area contributed by atoms with Crippen LogP contribution in [0.2, 0.25) is 0 Å². The second-order valence-electron chi connectivity index (χ2n) is 6.17. The third-order valence-electron chi connectivity index (χ3n) is 4.46. The van der Waals surface area contributed by atoms with E-state index in [1.165, 1.54) is 0 Å². The van der Waals surface area contributed by atoms with Crippen molar-refractivity contribution in [2.45, 2.75) is 19.4 Å². The summed E-state index contributed by atoms with van der Waals surface area (Å²) >= 11 is 0. The maximum atomic E-state index is 9.92. The topological polar surface area (TPSA) is 75.5 Å². The van der Waals surface area contributed by atoms with Crippen LogP contribution in [0.15, 0.2) is 51.8 Å². The summed E-state index contributed by atoms with van der Waals surface area (Å²) in [6.07, 6.45) is 5.49. The van der Waals surface area contributed by atoms with Crippen molar-refractivity contribution in [1.29, 1.82) is 0 Å². The van der Waals surface area contributed by atoms with Gasteiger partial charge in [-0.25, -0.2) is 9.97 Å². The fourth-order valence-corrected chi connectivity index (χ4v) is 3.05. The molecule has 2 atom stereocenters. The van der Waals surface area contributed by atoms with Crippen LogP contribution in [0.5, 0.6) is 0 Å². The van der Waals surface area contributed by atoms with E-state index in [4.69, 9.17) is 13.8 Å². The number of hydrogen-bond acceptors (Lipinski definition) is 6. The third kappa shape index (κ3) is 2.69. The molecule has 1 fully saturated rings. The zero-order valence-electron chi connectivity index (χ0n) is 13.4. The minimum absolute atomic E-state index is 0.194. The number of furan rings is 2. The van der Waals surface area contributed by atoms with Crippen molar-refractivity contribution >= 4 is 5.95 Å². The minimum atomic E-state index is -0.256. The quantitative estimate of drug-likeness (QED) is 0.797. The zero-order valence-corrected chi connectivity index (χ0v) is 13.4. The Morgan fingerprint density at radius 3 is 2.58 bits per heavy atom. The molecule has 1 N–H and O–H groups in total. The van der Waals surface area contributed by atoms with Crippen molar-refractivity contribution in [3.05, 3.63) is 43.0 Å². The van der Waals surface area contributed by atoms with Gasteiger partial charge in [0.05, 0.1) is 24.2 Å². The van der Waals surface area contributed by atoms with Crippen LogP contribution in [-0.4, -0.2) is 34.3 Å². The van der Waals surface area contributed by atoms with Gasteiger partial charge in [0.2, 0.25) is 5.95 Å². The Morgan fingerprint density at radius 2 is 1.92 bits per heavy atom. The van der Waals surface area contributed by atoms with Gasteiger partial charge in [0.25, 0.3) is 0 Å². The standard InChI is InChI=1S/C18H19N3O3/c1-12-11-21(7-6-14(12)22)18-19-10-13(15-4-2-8-23-15)17(20-18)16-5-3-9-24-16/h2-5,8-10,12,14,22H,6-7,11H2,1H3. The molecule has 0 aromatic carbocycles. The number of aliphatic hydroxyl groups excluding tert-OH is 1. The molecule has 0 saturated carbocycles. The predicted octanol–water partition coefficient (Wildman–Crippen LogP) is 3.20. The molecule has 0 bridgehead atoms. The van der Waals surface area contributed by atoms with E-state index in [0.29, 0.717) is 23.2 Å². The number of aromatic nitrogens is 2. The first-order valence-electron chi connectivity index (χ1n) is 8.10. The summed E-state index contributed by atoms with van der Waals surface area (Å²) in [5, 5.41) is 9.92. The lowest BCUT2D eigenvalue weighted by Crippen LogP contribution is -2.42. The first-order valence-corrected chi connectivity index (χ1v) is 8.10. The number of nitrogens with zero attached hydrogens (tertiary/aromatic N) is 3. The Balaban J connectivity index is 1.74. The van der Waals surface area contributed by atoms with Gasteiger partial charge >= 0.3 is 0 Å². The molecule has 0 radical (unpaired) electrons. The highest BCUT2D eigenvalue weighted by molar-refractivity contribution is 5.75. The molecule has 4 heterocycles. The molecule has 4 rings (SSSR count). The molecule has 24 heavy (non-hydrogen) atoms. The molecular formula is C18H19N3O3. The van der Waals surface area contributed by atoms with Gasteiger partial charge in [0, 0.05) is 19.3 Å². The van der Waals surface area contributed by atoms with Crippen LogP contribution in [0.4, 0.5) is 5.95 Å². The fourth-order valence-electron chi connectivity index (χ4n) is 3.05. The zero-order chi connectivity index (χ0) is 16.5. The van der Waals surface area contributed by atoms with Crippen molar-refractivity contribution in [1.82, 2.24) is 9.97 Å². The Labute approximate surface area is 139 Å². The van der Waals surface area contributed by atoms with E-state index in [0.717, 1.165) is 25.1 Å². The second-order valence-corrected chi connectivity index (χ2v) is 6.17. The van der Waals surface area contributed by atoms with Crippen LogP contribution in [0.25, 0.3) is 22.8 Å². The smallest absolute Gasteiger partial charge is 0.226 e. The molecule has 0 spiro atoms. The predicted molar refractivity (Wildman–Crippen MR) is 89.4 cm³/mol. The van der Waals surface area contributed by atoms with E-state index in [1.807, 2.05) is 31.2 Å². The van der Waals surface area contributed by atoms with Crippen LogP contribution in [-0.2, 0) is 0 Å². The molecule has 6 nitrogen and oxygen atoms in total. The normalized spacial score (nSPS) is 21.2. The van der Waals surface area contributed by atoms with Crippen molar-refractivity contribution in [3.8, 4) is 22.8 Å². The van der Waals surface area contributed by atoms with Crippen molar-refractivity contribution in [2.24, 2.45) is 5.92 Å². The van der Waals surface area contributed by atoms with E-state index in [9.17, 15) is 5.11 Å². The van der Waals surface area contributed by atoms with Gasteiger partial charge in [-0.1, -0.05) is 6.92 Å². The SMILES string of the molecule is CC1CN(c2ncc(-c3ccco3)c(-c3ccco3)n2)CCC1O. The highest BCUT2D eigenvalue weighted by atomic mass is 16.3. The van der Waals surface area contributed by atoms with Crippen LogP contribution in [0.3, 0.4) is 0 Å². The lowest BCUT2D eigenvalue weighted by atomic mass is 9.97. The summed E-state index contributed by atoms with van der Waals surface area (Å²) in [4.78, 5) is 11.4. The molecule has 0 aliphatic carbocycles. The summed E-state index contributed by atoms with van der Waals surface area (Å²) < 4.78 is 11.1. The minimum Gasteiger partial charge on any atom is -0.464 e. The molecule has 2 unspecified atom stereocenters. The first-order chi connectivity index (χ1) is 11.7. The van der Waals surface area contributed by atoms with Gasteiger partial charge in [-0.05, 0) is 36.6 Å². The average Bonchev–Trinajstić information content (AvgIpc) is 3.30. The number of piperidine rings is 1. The highest BCUT2D eigenvalue weighted by Gasteiger charge is 2.26. The maximum Gasteiger partial charge on any atom is 0.226 e. The fraction of sp³-hybridized carbons (Fsp3) is 0.333. The van der Waals surface area contributed by atoms with Gasteiger partial charge in [-0.3, -0.25) is 0 Å². The monoisotopic (exact) mass is 325 g/mol. The van der Waals surface area contributed by atoms with Crippen molar-refractivity contribution < 1.29 is 13.9 Å². The second kappa shape index (κ2) is 6.13. The van der Waals surface area contributed by atoms with Crippen molar-refractivity contribution in [2.75, 3.05) is 18.0 Å². The largest absolute Gasteiger partial charge is 0.464 e. The van der Waals surface area contributed by atoms with Gasteiger partial charge in [-0.15, -0.1) is 0 Å². The first kappa shape index (κ1) is 15.0. The molecule has 0 amide bonds. The Kier molecular flexibility index (Phi) is 3.82. The molecule has 3 aromatic rings. The van der Waals surface area contributed by atoms with E-state index in [-0.39, 0.29) is 12.0 Å². The number of aliphatic hydroxyl groups is 1. The third-order valence-corrected chi connectivity index (χ3v) is 4.46. The summed E-state index contributed by atoms with van der Waals surface area (Å²) in [6, 6.07) is 7.43. The van der Waals surface area contributed by atoms with Crippen LogP contribution >= 0.6 is 0 Å². The molecule has 124 valence electrons.